The van der Waals surface area contributed by atoms with Gasteiger partial charge in [0.1, 0.15) is 11.2 Å². The second-order valence-electron chi connectivity index (χ2n) is 16.6. The van der Waals surface area contributed by atoms with Gasteiger partial charge in [-0.2, -0.15) is 0 Å². The van der Waals surface area contributed by atoms with Gasteiger partial charge in [0.25, 0.3) is 0 Å². The fourth-order valence-electron chi connectivity index (χ4n) is 7.45. The molecular weight excluding hydrogens is 651 g/mol. The molecule has 0 unspecified atom stereocenters. The van der Waals surface area contributed by atoms with Crippen LogP contribution in [-0.4, -0.2) is 38.6 Å². The van der Waals surface area contributed by atoms with E-state index in [1.54, 1.807) is 0 Å². The zero-order chi connectivity index (χ0) is 36.9. The molecule has 0 spiro atoms. The molecule has 0 radical (unpaired) electrons. The lowest BCUT2D eigenvalue weighted by molar-refractivity contribution is 0.0618. The fraction of sp³-hybridized carbons (Fsp3) is 0.250. The smallest absolute Gasteiger partial charge is 0.217 e. The average Bonchev–Trinajstić information content (AvgIpc) is 3.68. The molecule has 5 heteroatoms. The van der Waals surface area contributed by atoms with E-state index in [1.165, 1.54) is 38.1 Å². The summed E-state index contributed by atoms with van der Waals surface area (Å²) < 4.78 is 15.0. The molecule has 264 valence electrons. The summed E-state index contributed by atoms with van der Waals surface area (Å²) in [6.45, 7) is 16.9. The van der Waals surface area contributed by atoms with E-state index in [0.29, 0.717) is 11.8 Å². The molecule has 7 aromatic rings. The molecule has 0 amide bonds. The minimum atomic E-state index is -0.357. The number of fused-ring (bicyclic) bond motifs is 5. The fourth-order valence-corrected chi connectivity index (χ4v) is 7.45. The van der Waals surface area contributed by atoms with Crippen molar-refractivity contribution >= 4 is 44.4 Å². The van der Waals surface area contributed by atoms with Crippen LogP contribution in [0.2, 0.25) is 0 Å². The molecule has 0 fully saturated rings. The van der Waals surface area contributed by atoms with Crippen molar-refractivity contribution < 1.29 is 9.47 Å². The quantitative estimate of drug-likeness (QED) is 0.180. The predicted molar refractivity (Wildman–Crippen MR) is 221 cm³/mol. The van der Waals surface area contributed by atoms with E-state index in [1.807, 2.05) is 0 Å². The molecule has 2 aliphatic rings. The molecule has 53 heavy (non-hydrogen) atoms. The maximum absolute atomic E-state index is 6.29. The van der Waals surface area contributed by atoms with Crippen molar-refractivity contribution in [3.05, 3.63) is 139 Å². The van der Waals surface area contributed by atoms with Gasteiger partial charge < -0.3 is 14.0 Å². The van der Waals surface area contributed by atoms with Gasteiger partial charge in [-0.25, -0.2) is 9.98 Å². The Kier molecular flexibility index (Phi) is 7.14. The van der Waals surface area contributed by atoms with Crippen LogP contribution in [0.15, 0.2) is 137 Å². The molecule has 0 atom stereocenters. The van der Waals surface area contributed by atoms with E-state index in [-0.39, 0.29) is 22.3 Å². The largest absolute Gasteiger partial charge is 0.469 e. The zero-order valence-electron chi connectivity index (χ0n) is 31.8. The molecule has 3 heterocycles. The summed E-state index contributed by atoms with van der Waals surface area (Å²) in [7, 11) is 0. The number of hydrogen-bond donors (Lipinski definition) is 0. The predicted octanol–water partition coefficient (Wildman–Crippen LogP) is 11.9. The van der Waals surface area contributed by atoms with E-state index < -0.39 is 0 Å². The monoisotopic (exact) mass is 695 g/mol. The van der Waals surface area contributed by atoms with E-state index in [9.17, 15) is 0 Å². The Morgan fingerprint density at radius 3 is 1.40 bits per heavy atom. The van der Waals surface area contributed by atoms with Gasteiger partial charge in [0, 0.05) is 33.0 Å². The first-order valence-corrected chi connectivity index (χ1v) is 18.6. The highest BCUT2D eigenvalue weighted by atomic mass is 16.5. The summed E-state index contributed by atoms with van der Waals surface area (Å²) in [5.74, 6) is 1.42. The molecule has 1 aromatic heterocycles. The molecule has 0 saturated carbocycles. The number of nitrogens with zero attached hydrogens (tertiary/aromatic N) is 3. The van der Waals surface area contributed by atoms with Gasteiger partial charge in [0.05, 0.1) is 22.1 Å². The molecule has 0 aliphatic carbocycles. The van der Waals surface area contributed by atoms with Gasteiger partial charge in [-0.05, 0) is 132 Å². The number of ether oxygens (including phenoxy) is 2. The Hall–Kier alpha value is -5.68. The lowest BCUT2D eigenvalue weighted by atomic mass is 9.87. The Bertz CT molecular complexity index is 2640. The van der Waals surface area contributed by atoms with E-state index in [2.05, 4.69) is 187 Å². The van der Waals surface area contributed by atoms with Crippen molar-refractivity contribution in [3.63, 3.8) is 0 Å². The third kappa shape index (κ3) is 5.28. The molecule has 0 saturated heterocycles. The highest BCUT2D eigenvalue weighted by molar-refractivity contribution is 6.19. The lowest BCUT2D eigenvalue weighted by Crippen LogP contribution is -2.41. The summed E-state index contributed by atoms with van der Waals surface area (Å²) in [5.41, 5.74) is 8.89. The summed E-state index contributed by atoms with van der Waals surface area (Å²) in [5, 5.41) is 4.88. The van der Waals surface area contributed by atoms with E-state index in [4.69, 9.17) is 19.5 Å². The van der Waals surface area contributed by atoms with Gasteiger partial charge in [-0.3, -0.25) is 0 Å². The van der Waals surface area contributed by atoms with Crippen LogP contribution >= 0.6 is 0 Å². The third-order valence-electron chi connectivity index (χ3n) is 12.1. The maximum atomic E-state index is 6.29. The van der Waals surface area contributed by atoms with Crippen molar-refractivity contribution in [1.82, 2.24) is 4.57 Å². The molecule has 0 bridgehead atoms. The molecular formula is C48H45N3O2. The van der Waals surface area contributed by atoms with Gasteiger partial charge in [0.2, 0.25) is 11.8 Å². The molecule has 6 aromatic carbocycles. The number of para-hydroxylation sites is 1. The number of aromatic nitrogens is 1. The van der Waals surface area contributed by atoms with Crippen molar-refractivity contribution in [2.24, 2.45) is 9.98 Å². The number of hydrogen-bond acceptors (Lipinski definition) is 4. The first-order chi connectivity index (χ1) is 25.2. The normalized spacial score (nSPS) is 18.2. The van der Waals surface area contributed by atoms with Gasteiger partial charge in [-0.15, -0.1) is 0 Å². The van der Waals surface area contributed by atoms with Crippen molar-refractivity contribution in [1.29, 1.82) is 0 Å². The summed E-state index contributed by atoms with van der Waals surface area (Å²) in [4.78, 5) is 9.81. The molecule has 2 aliphatic heterocycles. The zero-order valence-corrected chi connectivity index (χ0v) is 31.8. The first-order valence-electron chi connectivity index (χ1n) is 18.6. The average molecular weight is 696 g/mol. The Balaban J connectivity index is 1.11. The SMILES string of the molecule is CC1(C)N=C(c2ccc(-c3ccc4c(ccc5c6ccc(-c7ccc(C8=NC(C)(C)C(C)(C)O8)cc7)cc6n(-c6ccccc6)c45)c3)cc2)OC1(C)C. The Morgan fingerprint density at radius 1 is 0.434 bits per heavy atom. The minimum absolute atomic E-state index is 0.281. The van der Waals surface area contributed by atoms with Gasteiger partial charge in [0.15, 0.2) is 0 Å². The Morgan fingerprint density at radius 2 is 0.887 bits per heavy atom. The van der Waals surface area contributed by atoms with Crippen LogP contribution in [0.4, 0.5) is 0 Å². The topological polar surface area (TPSA) is 48.1 Å². The van der Waals surface area contributed by atoms with Crippen molar-refractivity contribution in [2.45, 2.75) is 77.7 Å². The number of rotatable bonds is 5. The van der Waals surface area contributed by atoms with Crippen LogP contribution in [0.25, 0.3) is 60.5 Å². The molecule has 5 nitrogen and oxygen atoms in total. The molecule has 0 N–H and O–H groups in total. The van der Waals surface area contributed by atoms with E-state index >= 15 is 0 Å². The second kappa shape index (κ2) is 11.4. The van der Waals surface area contributed by atoms with E-state index in [0.717, 1.165) is 33.5 Å². The third-order valence-corrected chi connectivity index (χ3v) is 12.1. The molecule has 9 rings (SSSR count). The first kappa shape index (κ1) is 33.2. The standard InChI is InChI=1S/C48H45N3O2/c1-45(2)47(5,6)52-43(49-45)32-18-14-30(15-19-32)34-22-25-38-36(28-34)24-27-40-39-26-23-35(29-41(39)51(42(38)40)37-12-10-9-11-13-37)31-16-20-33(21-17-31)44-50-46(3,4)48(7,8)53-44/h9-29H,1-8H3. The van der Waals surface area contributed by atoms with Crippen LogP contribution in [0, 0.1) is 0 Å². The summed E-state index contributed by atoms with van der Waals surface area (Å²) >= 11 is 0. The van der Waals surface area contributed by atoms with Crippen LogP contribution < -0.4 is 0 Å². The number of benzene rings is 6. The second-order valence-corrected chi connectivity index (χ2v) is 16.6. The van der Waals surface area contributed by atoms with Gasteiger partial charge >= 0.3 is 0 Å². The van der Waals surface area contributed by atoms with Crippen LogP contribution in [-0.2, 0) is 9.47 Å². The van der Waals surface area contributed by atoms with Crippen LogP contribution in [0.1, 0.15) is 66.5 Å². The highest BCUT2D eigenvalue weighted by Gasteiger charge is 2.46. The maximum Gasteiger partial charge on any atom is 0.217 e. The highest BCUT2D eigenvalue weighted by Crippen LogP contribution is 2.41. The lowest BCUT2D eigenvalue weighted by Gasteiger charge is -2.30. The minimum Gasteiger partial charge on any atom is -0.469 e. The summed E-state index contributed by atoms with van der Waals surface area (Å²) in [6, 6.07) is 46.1. The van der Waals surface area contributed by atoms with Gasteiger partial charge in [-0.1, -0.05) is 78.9 Å². The number of aliphatic imine (C=N–C) groups is 2. The van der Waals surface area contributed by atoms with Crippen molar-refractivity contribution in [2.75, 3.05) is 0 Å². The summed E-state index contributed by atoms with van der Waals surface area (Å²) in [6.07, 6.45) is 0. The van der Waals surface area contributed by atoms with Crippen molar-refractivity contribution in [3.8, 4) is 27.9 Å². The van der Waals surface area contributed by atoms with Crippen LogP contribution in [0.3, 0.4) is 0 Å². The Labute approximate surface area is 311 Å². The van der Waals surface area contributed by atoms with Crippen LogP contribution in [0.5, 0.6) is 0 Å².